The maximum atomic E-state index is 11.5. The molecule has 8 heteroatoms. The van der Waals surface area contributed by atoms with Crippen molar-refractivity contribution in [3.63, 3.8) is 0 Å². The third kappa shape index (κ3) is 2.46. The van der Waals surface area contributed by atoms with Crippen molar-refractivity contribution >= 4 is 28.9 Å². The summed E-state index contributed by atoms with van der Waals surface area (Å²) in [6.07, 6.45) is 1.45. The quantitative estimate of drug-likeness (QED) is 0.565. The summed E-state index contributed by atoms with van der Waals surface area (Å²) >= 11 is 0. The van der Waals surface area contributed by atoms with Gasteiger partial charge in [0.15, 0.2) is 17.5 Å². The van der Waals surface area contributed by atoms with E-state index in [4.69, 9.17) is 5.73 Å². The van der Waals surface area contributed by atoms with E-state index >= 15 is 0 Å². The molecular formula is C13H12N6O2. The summed E-state index contributed by atoms with van der Waals surface area (Å²) in [5.74, 6) is -0.702. The summed E-state index contributed by atoms with van der Waals surface area (Å²) < 4.78 is 0. The molecule has 3 rings (SSSR count). The van der Waals surface area contributed by atoms with Crippen LogP contribution in [-0.4, -0.2) is 31.0 Å². The van der Waals surface area contributed by atoms with Gasteiger partial charge in [0.2, 0.25) is 5.95 Å². The number of benzene rings is 1. The largest absolute Gasteiger partial charge is 0.479 e. The standard InChI is InChI=1S/C13H12N6O2/c14-13-18-10-9(15-6-16-10)11(19-13)17-8(12(20)21)7-4-2-1-3-5-7/h1-6,8H,(H,20,21)(H4,14,15,16,17,18,19). The normalized spacial score (nSPS) is 12.2. The Bertz CT molecular complexity index is 786. The number of nitrogens with zero attached hydrogens (tertiary/aromatic N) is 3. The average Bonchev–Trinajstić information content (AvgIpc) is 2.93. The minimum Gasteiger partial charge on any atom is -0.479 e. The van der Waals surface area contributed by atoms with Crippen molar-refractivity contribution in [3.05, 3.63) is 42.2 Å². The number of anilines is 2. The minimum atomic E-state index is -1.02. The van der Waals surface area contributed by atoms with Crippen LogP contribution in [-0.2, 0) is 4.79 Å². The second kappa shape index (κ2) is 5.08. The lowest BCUT2D eigenvalue weighted by Gasteiger charge is -2.15. The molecule has 0 aliphatic rings. The fraction of sp³-hybridized carbons (Fsp3) is 0.0769. The number of nitrogen functional groups attached to an aromatic ring is 1. The number of nitrogens with one attached hydrogen (secondary N) is 2. The zero-order valence-corrected chi connectivity index (χ0v) is 10.8. The van der Waals surface area contributed by atoms with Crippen LogP contribution in [0.2, 0.25) is 0 Å². The maximum absolute atomic E-state index is 11.5. The molecule has 0 fully saturated rings. The number of aromatic nitrogens is 4. The Hall–Kier alpha value is -3.16. The topological polar surface area (TPSA) is 130 Å². The predicted octanol–water partition coefficient (Wildman–Crippen LogP) is 1.17. The van der Waals surface area contributed by atoms with Crippen LogP contribution in [0.4, 0.5) is 11.8 Å². The summed E-state index contributed by atoms with van der Waals surface area (Å²) in [6, 6.07) is 7.85. The number of carbonyl (C=O) groups is 1. The van der Waals surface area contributed by atoms with Gasteiger partial charge < -0.3 is 21.1 Å². The number of aromatic amines is 1. The monoisotopic (exact) mass is 284 g/mol. The van der Waals surface area contributed by atoms with Crippen LogP contribution in [0.25, 0.3) is 11.2 Å². The lowest BCUT2D eigenvalue weighted by Crippen LogP contribution is -2.21. The van der Waals surface area contributed by atoms with Crippen molar-refractivity contribution < 1.29 is 9.90 Å². The first-order valence-corrected chi connectivity index (χ1v) is 6.16. The Balaban J connectivity index is 2.02. The molecule has 106 valence electrons. The van der Waals surface area contributed by atoms with E-state index in [2.05, 4.69) is 25.3 Å². The first-order valence-electron chi connectivity index (χ1n) is 6.16. The molecule has 0 bridgehead atoms. The first-order chi connectivity index (χ1) is 10.1. The van der Waals surface area contributed by atoms with Gasteiger partial charge in [-0.3, -0.25) is 0 Å². The van der Waals surface area contributed by atoms with Crippen molar-refractivity contribution in [1.29, 1.82) is 0 Å². The number of imidazole rings is 1. The number of rotatable bonds is 4. The zero-order chi connectivity index (χ0) is 14.8. The van der Waals surface area contributed by atoms with Crippen LogP contribution in [0.3, 0.4) is 0 Å². The minimum absolute atomic E-state index is 0.0225. The highest BCUT2D eigenvalue weighted by molar-refractivity contribution is 5.87. The van der Waals surface area contributed by atoms with Crippen LogP contribution in [0.15, 0.2) is 36.7 Å². The van der Waals surface area contributed by atoms with Crippen molar-refractivity contribution in [2.24, 2.45) is 0 Å². The van der Waals surface area contributed by atoms with Crippen molar-refractivity contribution in [3.8, 4) is 0 Å². The van der Waals surface area contributed by atoms with Gasteiger partial charge in [-0.05, 0) is 5.56 Å². The van der Waals surface area contributed by atoms with Crippen molar-refractivity contribution in [2.45, 2.75) is 6.04 Å². The van der Waals surface area contributed by atoms with E-state index in [0.29, 0.717) is 22.5 Å². The Morgan fingerprint density at radius 1 is 1.29 bits per heavy atom. The molecule has 0 aliphatic heterocycles. The SMILES string of the molecule is Nc1nc(NC(C(=O)O)c2ccccc2)c2[nH]cnc2n1. The van der Waals surface area contributed by atoms with Gasteiger partial charge in [-0.2, -0.15) is 9.97 Å². The average molecular weight is 284 g/mol. The number of nitrogens with two attached hydrogens (primary N) is 1. The van der Waals surface area contributed by atoms with E-state index in [0.717, 1.165) is 0 Å². The number of carboxylic acid groups (broad SMARTS) is 1. The van der Waals surface area contributed by atoms with Crippen LogP contribution in [0.1, 0.15) is 11.6 Å². The van der Waals surface area contributed by atoms with Crippen LogP contribution >= 0.6 is 0 Å². The Kier molecular flexibility index (Phi) is 3.11. The summed E-state index contributed by atoms with van der Waals surface area (Å²) in [6.45, 7) is 0. The number of aliphatic carboxylic acids is 1. The molecule has 1 unspecified atom stereocenters. The highest BCUT2D eigenvalue weighted by atomic mass is 16.4. The predicted molar refractivity (Wildman–Crippen MR) is 76.5 cm³/mol. The lowest BCUT2D eigenvalue weighted by molar-refractivity contribution is -0.138. The molecule has 0 spiro atoms. The van der Waals surface area contributed by atoms with E-state index < -0.39 is 12.0 Å². The van der Waals surface area contributed by atoms with E-state index in [1.54, 1.807) is 24.3 Å². The molecule has 3 aromatic rings. The second-order valence-corrected chi connectivity index (χ2v) is 4.36. The second-order valence-electron chi connectivity index (χ2n) is 4.36. The molecule has 1 aromatic carbocycles. The molecule has 0 amide bonds. The third-order valence-corrected chi connectivity index (χ3v) is 2.96. The van der Waals surface area contributed by atoms with Gasteiger partial charge in [-0.1, -0.05) is 30.3 Å². The number of hydrogen-bond donors (Lipinski definition) is 4. The van der Waals surface area contributed by atoms with Gasteiger partial charge >= 0.3 is 5.97 Å². The van der Waals surface area contributed by atoms with E-state index in [1.165, 1.54) is 6.33 Å². The maximum Gasteiger partial charge on any atom is 0.330 e. The van der Waals surface area contributed by atoms with E-state index in [1.807, 2.05) is 6.07 Å². The first kappa shape index (κ1) is 12.9. The molecular weight excluding hydrogens is 272 g/mol. The van der Waals surface area contributed by atoms with Gasteiger partial charge in [0.25, 0.3) is 0 Å². The summed E-state index contributed by atoms with van der Waals surface area (Å²) in [5.41, 5.74) is 7.10. The molecule has 5 N–H and O–H groups in total. The number of fused-ring (bicyclic) bond motifs is 1. The van der Waals surface area contributed by atoms with Gasteiger partial charge in [-0.15, -0.1) is 0 Å². The Morgan fingerprint density at radius 3 is 2.76 bits per heavy atom. The molecule has 0 saturated heterocycles. The van der Waals surface area contributed by atoms with Gasteiger partial charge in [0, 0.05) is 0 Å². The molecule has 0 saturated carbocycles. The zero-order valence-electron chi connectivity index (χ0n) is 10.8. The summed E-state index contributed by atoms with van der Waals surface area (Å²) in [4.78, 5) is 26.4. The van der Waals surface area contributed by atoms with Crippen LogP contribution in [0, 0.1) is 0 Å². The van der Waals surface area contributed by atoms with Crippen LogP contribution < -0.4 is 11.1 Å². The lowest BCUT2D eigenvalue weighted by atomic mass is 10.1. The Labute approximate surface area is 119 Å². The van der Waals surface area contributed by atoms with E-state index in [9.17, 15) is 9.90 Å². The molecule has 0 aliphatic carbocycles. The highest BCUT2D eigenvalue weighted by Gasteiger charge is 2.21. The third-order valence-electron chi connectivity index (χ3n) is 2.96. The number of carboxylic acids is 1. The number of H-pyrrole nitrogens is 1. The van der Waals surface area contributed by atoms with Gasteiger partial charge in [0.05, 0.1) is 6.33 Å². The number of hydrogen-bond acceptors (Lipinski definition) is 6. The summed E-state index contributed by atoms with van der Waals surface area (Å²) in [7, 11) is 0. The molecule has 21 heavy (non-hydrogen) atoms. The molecule has 8 nitrogen and oxygen atoms in total. The van der Waals surface area contributed by atoms with Crippen molar-refractivity contribution in [1.82, 2.24) is 19.9 Å². The molecule has 2 aromatic heterocycles. The Morgan fingerprint density at radius 2 is 2.05 bits per heavy atom. The van der Waals surface area contributed by atoms with Gasteiger partial charge in [-0.25, -0.2) is 9.78 Å². The summed E-state index contributed by atoms with van der Waals surface area (Å²) in [5, 5.41) is 12.3. The molecule has 1 atom stereocenters. The van der Waals surface area contributed by atoms with E-state index in [-0.39, 0.29) is 5.95 Å². The molecule has 2 heterocycles. The van der Waals surface area contributed by atoms with Crippen LogP contribution in [0.5, 0.6) is 0 Å². The molecule has 0 radical (unpaired) electrons. The highest BCUT2D eigenvalue weighted by Crippen LogP contribution is 2.23. The van der Waals surface area contributed by atoms with Gasteiger partial charge in [0.1, 0.15) is 5.52 Å². The fourth-order valence-corrected chi connectivity index (χ4v) is 2.02. The smallest absolute Gasteiger partial charge is 0.330 e. The van der Waals surface area contributed by atoms with Crippen molar-refractivity contribution in [2.75, 3.05) is 11.1 Å². The fourth-order valence-electron chi connectivity index (χ4n) is 2.02.